The highest BCUT2D eigenvalue weighted by atomic mass is 16.6. The first-order valence-electron chi connectivity index (χ1n) is 5.12. The topological polar surface area (TPSA) is 64.4 Å². The Hall–Kier alpha value is -1.46. The van der Waals surface area contributed by atoms with Gasteiger partial charge >= 0.3 is 0 Å². The summed E-state index contributed by atoms with van der Waals surface area (Å²) in [6.45, 7) is 4.74. The van der Waals surface area contributed by atoms with Gasteiger partial charge in [0.15, 0.2) is 0 Å². The van der Waals surface area contributed by atoms with Crippen molar-refractivity contribution in [3.8, 4) is 0 Å². The first kappa shape index (κ1) is 11.0. The van der Waals surface area contributed by atoms with E-state index < -0.39 is 4.92 Å². The van der Waals surface area contributed by atoms with E-state index in [4.69, 9.17) is 4.74 Å². The van der Waals surface area contributed by atoms with Crippen LogP contribution >= 0.6 is 0 Å². The van der Waals surface area contributed by atoms with Gasteiger partial charge in [-0.3, -0.25) is 15.4 Å². The third-order valence-corrected chi connectivity index (χ3v) is 2.54. The van der Waals surface area contributed by atoms with Crippen LogP contribution in [0.1, 0.15) is 25.6 Å². The van der Waals surface area contributed by atoms with Crippen molar-refractivity contribution in [2.45, 2.75) is 25.6 Å². The molecule has 0 amide bonds. The summed E-state index contributed by atoms with van der Waals surface area (Å²) in [5.41, 5.74) is 0.962. The molecule has 0 bridgehead atoms. The fraction of sp³-hybridized carbons (Fsp3) is 0.455. The molecule has 1 aliphatic heterocycles. The van der Waals surface area contributed by atoms with Crippen LogP contribution in [0.15, 0.2) is 24.3 Å². The number of benzene rings is 1. The fourth-order valence-corrected chi connectivity index (χ4v) is 1.68. The first-order valence-corrected chi connectivity index (χ1v) is 5.12. The molecular formula is C11H14N2O3. The van der Waals surface area contributed by atoms with Crippen molar-refractivity contribution in [1.29, 1.82) is 0 Å². The summed E-state index contributed by atoms with van der Waals surface area (Å²) < 4.78 is 5.57. The van der Waals surface area contributed by atoms with E-state index in [1.165, 1.54) is 12.1 Å². The van der Waals surface area contributed by atoms with E-state index in [1.54, 1.807) is 12.1 Å². The van der Waals surface area contributed by atoms with Gasteiger partial charge in [0, 0.05) is 17.7 Å². The maximum Gasteiger partial charge on any atom is 0.269 e. The van der Waals surface area contributed by atoms with Crippen LogP contribution in [0, 0.1) is 10.1 Å². The average molecular weight is 222 g/mol. The minimum Gasteiger partial charge on any atom is -0.357 e. The highest BCUT2D eigenvalue weighted by Gasteiger charge is 2.31. The van der Waals surface area contributed by atoms with Gasteiger partial charge in [-0.25, -0.2) is 0 Å². The fourth-order valence-electron chi connectivity index (χ4n) is 1.68. The largest absolute Gasteiger partial charge is 0.357 e. The summed E-state index contributed by atoms with van der Waals surface area (Å²) >= 11 is 0. The lowest BCUT2D eigenvalue weighted by atomic mass is 10.1. The number of nitro groups is 1. The molecule has 1 aliphatic rings. The molecule has 5 nitrogen and oxygen atoms in total. The lowest BCUT2D eigenvalue weighted by Crippen LogP contribution is -2.35. The van der Waals surface area contributed by atoms with Crippen LogP contribution in [-0.4, -0.2) is 17.1 Å². The number of hydrogen-bond acceptors (Lipinski definition) is 4. The van der Waals surface area contributed by atoms with E-state index in [0.717, 1.165) is 5.56 Å². The normalized spacial score (nSPS) is 23.2. The summed E-state index contributed by atoms with van der Waals surface area (Å²) in [6, 6.07) is 6.42. The van der Waals surface area contributed by atoms with Crippen LogP contribution in [0.5, 0.6) is 0 Å². The Kier molecular flexibility index (Phi) is 2.65. The molecule has 1 N–H and O–H groups in total. The molecule has 1 atom stereocenters. The van der Waals surface area contributed by atoms with Gasteiger partial charge in [0.25, 0.3) is 5.69 Å². The standard InChI is InChI=1S/C11H14N2O3/c1-11(2)7-16-10(12-11)8-3-5-9(6-4-8)13(14)15/h3-6,10,12H,7H2,1-2H3. The van der Waals surface area contributed by atoms with E-state index in [1.807, 2.05) is 0 Å². The molecule has 86 valence electrons. The first-order chi connectivity index (χ1) is 7.48. The number of hydrogen-bond donors (Lipinski definition) is 1. The molecular weight excluding hydrogens is 208 g/mol. The second kappa shape index (κ2) is 3.84. The number of non-ortho nitro benzene ring substituents is 1. The van der Waals surface area contributed by atoms with Gasteiger partial charge in [0.2, 0.25) is 0 Å². The Bertz CT molecular complexity index is 400. The zero-order chi connectivity index (χ0) is 11.8. The maximum absolute atomic E-state index is 10.5. The SMILES string of the molecule is CC1(C)COC(c2ccc([N+](=O)[O-])cc2)N1. The smallest absolute Gasteiger partial charge is 0.269 e. The van der Waals surface area contributed by atoms with Crippen molar-refractivity contribution in [2.24, 2.45) is 0 Å². The van der Waals surface area contributed by atoms with E-state index >= 15 is 0 Å². The number of ether oxygens (including phenoxy) is 1. The van der Waals surface area contributed by atoms with Crippen molar-refractivity contribution in [3.63, 3.8) is 0 Å². The average Bonchev–Trinajstić information content (AvgIpc) is 2.59. The number of nitro benzene ring substituents is 1. The third kappa shape index (κ3) is 2.20. The van der Waals surface area contributed by atoms with Crippen molar-refractivity contribution in [3.05, 3.63) is 39.9 Å². The monoisotopic (exact) mass is 222 g/mol. The molecule has 1 saturated heterocycles. The molecule has 1 heterocycles. The van der Waals surface area contributed by atoms with Gasteiger partial charge in [-0.1, -0.05) is 0 Å². The van der Waals surface area contributed by atoms with Gasteiger partial charge in [-0.2, -0.15) is 0 Å². The Labute approximate surface area is 93.6 Å². The molecule has 0 aromatic heterocycles. The van der Waals surface area contributed by atoms with Gasteiger partial charge < -0.3 is 4.74 Å². The van der Waals surface area contributed by atoms with Gasteiger partial charge in [-0.15, -0.1) is 0 Å². The predicted molar refractivity (Wildman–Crippen MR) is 59.0 cm³/mol. The van der Waals surface area contributed by atoms with E-state index in [-0.39, 0.29) is 17.5 Å². The summed E-state index contributed by atoms with van der Waals surface area (Å²) in [6.07, 6.45) is -0.171. The molecule has 0 radical (unpaired) electrons. The minimum atomic E-state index is -0.406. The number of nitrogens with one attached hydrogen (secondary N) is 1. The second-order valence-corrected chi connectivity index (χ2v) is 4.57. The van der Waals surface area contributed by atoms with Gasteiger partial charge in [0.1, 0.15) is 6.23 Å². The van der Waals surface area contributed by atoms with Crippen LogP contribution in [0.25, 0.3) is 0 Å². The number of nitrogens with zero attached hydrogens (tertiary/aromatic N) is 1. The molecule has 2 rings (SSSR count). The molecule has 16 heavy (non-hydrogen) atoms. The van der Waals surface area contributed by atoms with Crippen molar-refractivity contribution in [2.75, 3.05) is 6.61 Å². The lowest BCUT2D eigenvalue weighted by Gasteiger charge is -2.16. The third-order valence-electron chi connectivity index (χ3n) is 2.54. The van der Waals surface area contributed by atoms with E-state index in [0.29, 0.717) is 6.61 Å². The van der Waals surface area contributed by atoms with Crippen molar-refractivity contribution in [1.82, 2.24) is 5.32 Å². The van der Waals surface area contributed by atoms with Gasteiger partial charge in [0.05, 0.1) is 11.5 Å². The molecule has 1 fully saturated rings. The van der Waals surface area contributed by atoms with Crippen LogP contribution < -0.4 is 5.32 Å². The molecule has 1 aromatic rings. The minimum absolute atomic E-state index is 0.0492. The zero-order valence-corrected chi connectivity index (χ0v) is 9.27. The van der Waals surface area contributed by atoms with Crippen LogP contribution in [0.4, 0.5) is 5.69 Å². The van der Waals surface area contributed by atoms with E-state index in [9.17, 15) is 10.1 Å². The van der Waals surface area contributed by atoms with Crippen LogP contribution in [0.2, 0.25) is 0 Å². The highest BCUT2D eigenvalue weighted by Crippen LogP contribution is 2.26. The highest BCUT2D eigenvalue weighted by molar-refractivity contribution is 5.34. The molecule has 5 heteroatoms. The Morgan fingerprint density at radius 2 is 2.06 bits per heavy atom. The maximum atomic E-state index is 10.5. The van der Waals surface area contributed by atoms with Crippen LogP contribution in [0.3, 0.4) is 0 Å². The summed E-state index contributed by atoms with van der Waals surface area (Å²) in [7, 11) is 0. The Balaban J connectivity index is 2.14. The predicted octanol–water partition coefficient (Wildman–Crippen LogP) is 1.99. The Morgan fingerprint density at radius 1 is 1.44 bits per heavy atom. The molecule has 0 spiro atoms. The molecule has 1 unspecified atom stereocenters. The zero-order valence-electron chi connectivity index (χ0n) is 9.27. The van der Waals surface area contributed by atoms with Crippen molar-refractivity contribution < 1.29 is 9.66 Å². The number of rotatable bonds is 2. The Morgan fingerprint density at radius 3 is 2.50 bits per heavy atom. The summed E-state index contributed by atoms with van der Waals surface area (Å²) in [5, 5.41) is 13.8. The summed E-state index contributed by atoms with van der Waals surface area (Å²) in [4.78, 5) is 10.1. The van der Waals surface area contributed by atoms with Crippen LogP contribution in [-0.2, 0) is 4.74 Å². The molecule has 0 saturated carbocycles. The quantitative estimate of drug-likeness (QED) is 0.614. The second-order valence-electron chi connectivity index (χ2n) is 4.57. The molecule has 0 aliphatic carbocycles. The van der Waals surface area contributed by atoms with Gasteiger partial charge in [-0.05, 0) is 31.5 Å². The lowest BCUT2D eigenvalue weighted by molar-refractivity contribution is -0.384. The molecule has 1 aromatic carbocycles. The van der Waals surface area contributed by atoms with E-state index in [2.05, 4.69) is 19.2 Å². The van der Waals surface area contributed by atoms with Crippen molar-refractivity contribution >= 4 is 5.69 Å². The summed E-state index contributed by atoms with van der Waals surface area (Å²) in [5.74, 6) is 0.